The molecule has 0 aliphatic carbocycles. The second-order valence-electron chi connectivity index (χ2n) is 6.91. The number of hydrazone groups is 1. The van der Waals surface area contributed by atoms with Crippen LogP contribution in [0, 0.1) is 5.41 Å². The molecule has 1 aromatic carbocycles. The number of sulfone groups is 1. The summed E-state index contributed by atoms with van der Waals surface area (Å²) >= 11 is 0. The van der Waals surface area contributed by atoms with Crippen molar-refractivity contribution in [1.82, 2.24) is 10.7 Å². The van der Waals surface area contributed by atoms with Gasteiger partial charge in [-0.1, -0.05) is 12.1 Å². The molecule has 1 aromatic rings. The van der Waals surface area contributed by atoms with Crippen molar-refractivity contribution < 1.29 is 17.9 Å². The van der Waals surface area contributed by atoms with Gasteiger partial charge in [-0.15, -0.1) is 5.10 Å². The van der Waals surface area contributed by atoms with Crippen molar-refractivity contribution in [2.45, 2.75) is 43.9 Å². The Kier molecular flexibility index (Phi) is 7.41. The van der Waals surface area contributed by atoms with E-state index in [1.54, 1.807) is 32.9 Å². The number of aliphatic imine (C=N–C) groups is 2. The molecule has 1 amide bonds. The SMILES string of the molecule is C=NC(=N)C(N=C(C)c1ccc(S(=O)(=O)C(C)C)cc1)=C1NN=C(NC(=O)C(C)N)O1. The molecule has 31 heavy (non-hydrogen) atoms. The topological polar surface area (TPSA) is 171 Å². The number of benzene rings is 1. The highest BCUT2D eigenvalue weighted by molar-refractivity contribution is 7.92. The van der Waals surface area contributed by atoms with Crippen LogP contribution in [0.3, 0.4) is 0 Å². The van der Waals surface area contributed by atoms with Gasteiger partial charge in [-0.3, -0.25) is 15.5 Å². The highest BCUT2D eigenvalue weighted by Crippen LogP contribution is 2.18. The van der Waals surface area contributed by atoms with E-state index in [0.29, 0.717) is 11.3 Å². The third kappa shape index (κ3) is 5.61. The first-order valence-corrected chi connectivity index (χ1v) is 10.8. The zero-order valence-electron chi connectivity index (χ0n) is 17.6. The van der Waals surface area contributed by atoms with Crippen LogP contribution in [0.4, 0.5) is 0 Å². The van der Waals surface area contributed by atoms with Crippen LogP contribution in [0.5, 0.6) is 0 Å². The molecule has 0 aromatic heterocycles. The lowest BCUT2D eigenvalue weighted by Crippen LogP contribution is -2.41. The van der Waals surface area contributed by atoms with Crippen molar-refractivity contribution in [2.24, 2.45) is 20.8 Å². The lowest BCUT2D eigenvalue weighted by atomic mass is 10.1. The maximum Gasteiger partial charge on any atom is 0.320 e. The molecule has 0 saturated carbocycles. The minimum Gasteiger partial charge on any atom is -0.403 e. The number of hydrogen-bond donors (Lipinski definition) is 4. The summed E-state index contributed by atoms with van der Waals surface area (Å²) in [7, 11) is -3.39. The molecule has 11 nitrogen and oxygen atoms in total. The van der Waals surface area contributed by atoms with Crippen molar-refractivity contribution in [3.63, 3.8) is 0 Å². The summed E-state index contributed by atoms with van der Waals surface area (Å²) in [5, 5.41) is 13.7. The van der Waals surface area contributed by atoms with Crippen LogP contribution in [-0.4, -0.2) is 49.9 Å². The molecular weight excluding hydrogens is 422 g/mol. The van der Waals surface area contributed by atoms with Crippen LogP contribution in [0.15, 0.2) is 55.8 Å². The fraction of sp³-hybridized carbons (Fsp3) is 0.316. The number of hydrogen-bond acceptors (Lipinski definition) is 9. The van der Waals surface area contributed by atoms with Crippen molar-refractivity contribution in [1.29, 1.82) is 5.41 Å². The molecule has 0 bridgehead atoms. The van der Waals surface area contributed by atoms with Gasteiger partial charge in [0.2, 0.25) is 11.8 Å². The van der Waals surface area contributed by atoms with E-state index in [9.17, 15) is 13.2 Å². The number of ether oxygens (including phenoxy) is 1. The summed E-state index contributed by atoms with van der Waals surface area (Å²) in [5.74, 6) is -0.831. The Bertz CT molecular complexity index is 1080. The van der Waals surface area contributed by atoms with Crippen LogP contribution in [0.25, 0.3) is 0 Å². The maximum absolute atomic E-state index is 12.3. The molecule has 12 heteroatoms. The fourth-order valence-corrected chi connectivity index (χ4v) is 3.35. The lowest BCUT2D eigenvalue weighted by Gasteiger charge is -2.10. The first kappa shape index (κ1) is 23.9. The predicted molar refractivity (Wildman–Crippen MR) is 119 cm³/mol. The normalized spacial score (nSPS) is 16.7. The summed E-state index contributed by atoms with van der Waals surface area (Å²) in [6.07, 6.45) is 0. The van der Waals surface area contributed by atoms with E-state index < -0.39 is 27.0 Å². The van der Waals surface area contributed by atoms with Gasteiger partial charge in [0.05, 0.1) is 16.2 Å². The van der Waals surface area contributed by atoms with Crippen molar-refractivity contribution in [3.8, 4) is 0 Å². The van der Waals surface area contributed by atoms with Crippen LogP contribution >= 0.6 is 0 Å². The Hall–Kier alpha value is -3.38. The van der Waals surface area contributed by atoms with E-state index in [0.717, 1.165) is 0 Å². The second-order valence-corrected chi connectivity index (χ2v) is 9.41. The average molecular weight is 448 g/mol. The van der Waals surface area contributed by atoms with E-state index in [-0.39, 0.29) is 28.3 Å². The molecule has 0 fully saturated rings. The summed E-state index contributed by atoms with van der Waals surface area (Å²) in [6.45, 7) is 9.74. The van der Waals surface area contributed by atoms with Crippen LogP contribution in [0.2, 0.25) is 0 Å². The smallest absolute Gasteiger partial charge is 0.320 e. The standard InChI is InChI=1S/C19H25N7O4S/c1-10(2)31(28,29)14-8-6-13(7-9-14)12(4)23-15(16(21)22-5)18-25-26-19(30-18)24-17(27)11(3)20/h6-11,21,25H,5,20H2,1-4H3,(H,24,26,27). The Morgan fingerprint density at radius 3 is 2.42 bits per heavy atom. The zero-order chi connectivity index (χ0) is 23.3. The first-order chi connectivity index (χ1) is 14.5. The molecule has 1 unspecified atom stereocenters. The van der Waals surface area contributed by atoms with Crippen molar-refractivity contribution in [3.05, 3.63) is 41.4 Å². The van der Waals surface area contributed by atoms with Crippen molar-refractivity contribution >= 4 is 40.0 Å². The molecule has 0 spiro atoms. The summed E-state index contributed by atoms with van der Waals surface area (Å²) in [5.41, 5.74) is 9.10. The number of amidine groups is 2. The lowest BCUT2D eigenvalue weighted by molar-refractivity contribution is -0.120. The molecule has 1 aliphatic heterocycles. The van der Waals surface area contributed by atoms with Gasteiger partial charge in [0.25, 0.3) is 0 Å². The van der Waals surface area contributed by atoms with E-state index >= 15 is 0 Å². The van der Waals surface area contributed by atoms with Crippen molar-refractivity contribution in [2.75, 3.05) is 0 Å². The number of amides is 1. The van der Waals surface area contributed by atoms with Gasteiger partial charge in [0.15, 0.2) is 21.4 Å². The number of rotatable bonds is 6. The second kappa shape index (κ2) is 9.62. The van der Waals surface area contributed by atoms with E-state index in [4.69, 9.17) is 15.9 Å². The van der Waals surface area contributed by atoms with Gasteiger partial charge in [0.1, 0.15) is 0 Å². The monoisotopic (exact) mass is 447 g/mol. The average Bonchev–Trinajstić information content (AvgIpc) is 3.19. The molecule has 0 saturated heterocycles. The van der Waals surface area contributed by atoms with Gasteiger partial charge in [0, 0.05) is 5.71 Å². The summed E-state index contributed by atoms with van der Waals surface area (Å²) in [4.78, 5) is 19.8. The molecule has 1 atom stereocenters. The van der Waals surface area contributed by atoms with E-state index in [2.05, 4.69) is 32.5 Å². The number of nitrogens with one attached hydrogen (secondary N) is 3. The Balaban J connectivity index is 2.32. The minimum absolute atomic E-state index is 0.0137. The number of carbonyl (C=O) groups is 1. The predicted octanol–water partition coefficient (Wildman–Crippen LogP) is 0.879. The third-order valence-electron chi connectivity index (χ3n) is 4.20. The van der Waals surface area contributed by atoms with Crippen LogP contribution in [-0.2, 0) is 19.4 Å². The van der Waals surface area contributed by atoms with E-state index in [1.807, 2.05) is 0 Å². The molecule has 0 radical (unpaired) electrons. The summed E-state index contributed by atoms with van der Waals surface area (Å²) in [6, 6.07) is 5.33. The summed E-state index contributed by atoms with van der Waals surface area (Å²) < 4.78 is 30.0. The minimum atomic E-state index is -3.39. The van der Waals surface area contributed by atoms with Gasteiger partial charge in [-0.25, -0.2) is 23.8 Å². The van der Waals surface area contributed by atoms with Gasteiger partial charge in [-0.05, 0) is 52.1 Å². The van der Waals surface area contributed by atoms with Gasteiger partial charge in [-0.2, -0.15) is 0 Å². The molecule has 166 valence electrons. The highest BCUT2D eigenvalue weighted by atomic mass is 32.2. The largest absolute Gasteiger partial charge is 0.403 e. The van der Waals surface area contributed by atoms with Gasteiger partial charge < -0.3 is 10.5 Å². The first-order valence-electron chi connectivity index (χ1n) is 9.25. The number of carbonyl (C=O) groups excluding carboxylic acids is 1. The van der Waals surface area contributed by atoms with Crippen LogP contribution < -0.4 is 16.5 Å². The number of nitrogens with zero attached hydrogens (tertiary/aromatic N) is 3. The molecule has 5 N–H and O–H groups in total. The Labute approximate surface area is 180 Å². The molecule has 1 aliphatic rings. The molecule has 2 rings (SSSR count). The zero-order valence-corrected chi connectivity index (χ0v) is 18.4. The van der Waals surface area contributed by atoms with Crippen LogP contribution in [0.1, 0.15) is 33.3 Å². The fourth-order valence-electron chi connectivity index (χ4n) is 2.29. The molecular formula is C19H25N7O4S. The Morgan fingerprint density at radius 2 is 1.90 bits per heavy atom. The maximum atomic E-state index is 12.3. The van der Waals surface area contributed by atoms with E-state index in [1.165, 1.54) is 19.1 Å². The molecule has 1 heterocycles. The Morgan fingerprint density at radius 1 is 1.29 bits per heavy atom. The quantitative estimate of drug-likeness (QED) is 0.372. The third-order valence-corrected chi connectivity index (χ3v) is 6.37. The highest BCUT2D eigenvalue weighted by Gasteiger charge is 2.23. The van der Waals surface area contributed by atoms with Gasteiger partial charge >= 0.3 is 6.02 Å². The number of nitrogens with two attached hydrogens (primary N) is 1.